The molecule has 3 aromatic rings. The van der Waals surface area contributed by atoms with E-state index < -0.39 is 0 Å². The molecule has 0 saturated heterocycles. The Morgan fingerprint density at radius 2 is 2.05 bits per heavy atom. The molecule has 0 fully saturated rings. The van der Waals surface area contributed by atoms with Crippen LogP contribution in [0.4, 0.5) is 5.82 Å². The molecule has 0 unspecified atom stereocenters. The van der Waals surface area contributed by atoms with E-state index in [1.807, 2.05) is 0 Å². The molecule has 0 amide bonds. The van der Waals surface area contributed by atoms with E-state index in [1.54, 1.807) is 36.6 Å². The van der Waals surface area contributed by atoms with E-state index in [-0.39, 0.29) is 5.15 Å². The molecule has 0 aliphatic heterocycles. The highest BCUT2D eigenvalue weighted by Gasteiger charge is 2.06. The van der Waals surface area contributed by atoms with Gasteiger partial charge >= 0.3 is 0 Å². The van der Waals surface area contributed by atoms with Crippen LogP contribution in [0.15, 0.2) is 46.1 Å². The fourth-order valence-electron chi connectivity index (χ4n) is 1.60. The maximum Gasteiger partial charge on any atom is 0.185 e. The van der Waals surface area contributed by atoms with Crippen LogP contribution >= 0.6 is 23.2 Å². The average molecular weight is 307 g/mol. The summed E-state index contributed by atoms with van der Waals surface area (Å²) in [5.41, 5.74) is 4.03. The molecule has 0 aliphatic carbocycles. The summed E-state index contributed by atoms with van der Waals surface area (Å²) in [6, 6.07) is 8.75. The molecule has 20 heavy (non-hydrogen) atoms. The molecule has 3 rings (SSSR count). The van der Waals surface area contributed by atoms with Crippen LogP contribution in [0.1, 0.15) is 5.76 Å². The number of hydrogen-bond donors (Lipinski definition) is 1. The van der Waals surface area contributed by atoms with Crippen LogP contribution in [0.2, 0.25) is 10.2 Å². The number of hydrogen-bond acceptors (Lipinski definition) is 5. The fourth-order valence-corrected chi connectivity index (χ4v) is 1.94. The van der Waals surface area contributed by atoms with Gasteiger partial charge in [-0.25, -0.2) is 9.97 Å². The van der Waals surface area contributed by atoms with E-state index in [4.69, 9.17) is 27.6 Å². The van der Waals surface area contributed by atoms with E-state index in [2.05, 4.69) is 20.5 Å². The average Bonchev–Trinajstić information content (AvgIpc) is 2.93. The molecule has 0 bridgehead atoms. The summed E-state index contributed by atoms with van der Waals surface area (Å²) in [5.74, 6) is 0.967. The summed E-state index contributed by atoms with van der Waals surface area (Å²) in [7, 11) is 0. The Labute approximate surface area is 124 Å². The van der Waals surface area contributed by atoms with Crippen molar-refractivity contribution in [2.75, 3.05) is 5.43 Å². The van der Waals surface area contributed by atoms with E-state index in [0.717, 1.165) is 0 Å². The molecule has 0 radical (unpaired) electrons. The molecule has 7 heteroatoms. The van der Waals surface area contributed by atoms with Gasteiger partial charge in [0.25, 0.3) is 0 Å². The van der Waals surface area contributed by atoms with E-state index in [0.29, 0.717) is 27.6 Å². The SMILES string of the molecule is Clc1ccc2nc(Cl)c(N/N=C\c3ccco3)nc2c1. The lowest BCUT2D eigenvalue weighted by atomic mass is 10.3. The summed E-state index contributed by atoms with van der Waals surface area (Å²) in [6.45, 7) is 0. The molecule has 100 valence electrons. The van der Waals surface area contributed by atoms with Gasteiger partial charge in [-0.1, -0.05) is 23.2 Å². The lowest BCUT2D eigenvalue weighted by molar-refractivity contribution is 0.560. The first-order chi connectivity index (χ1) is 9.72. The Kier molecular flexibility index (Phi) is 3.54. The van der Waals surface area contributed by atoms with Gasteiger partial charge < -0.3 is 4.42 Å². The fraction of sp³-hybridized carbons (Fsp3) is 0. The highest BCUT2D eigenvalue weighted by atomic mass is 35.5. The van der Waals surface area contributed by atoms with Gasteiger partial charge in [0.05, 0.1) is 23.5 Å². The number of benzene rings is 1. The van der Waals surface area contributed by atoms with Crippen LogP contribution in [0.25, 0.3) is 11.0 Å². The normalized spacial score (nSPS) is 11.3. The van der Waals surface area contributed by atoms with Crippen molar-refractivity contribution in [2.45, 2.75) is 0 Å². The summed E-state index contributed by atoms with van der Waals surface area (Å²) in [4.78, 5) is 8.54. The first-order valence-corrected chi connectivity index (χ1v) is 6.43. The number of hydrazone groups is 1. The van der Waals surface area contributed by atoms with Crippen LogP contribution in [-0.2, 0) is 0 Å². The number of furan rings is 1. The molecule has 1 aromatic carbocycles. The zero-order valence-corrected chi connectivity index (χ0v) is 11.6. The summed E-state index contributed by atoms with van der Waals surface area (Å²) in [5, 5.41) is 4.80. The number of anilines is 1. The van der Waals surface area contributed by atoms with E-state index >= 15 is 0 Å². The standard InChI is InChI=1S/C13H8Cl2N4O/c14-8-3-4-10-11(6-8)18-13(12(15)17-10)19-16-7-9-2-1-5-20-9/h1-7H,(H,18,19)/b16-7-. The number of fused-ring (bicyclic) bond motifs is 1. The third-order valence-corrected chi connectivity index (χ3v) is 2.99. The highest BCUT2D eigenvalue weighted by molar-refractivity contribution is 6.32. The second-order valence-corrected chi connectivity index (χ2v) is 4.68. The van der Waals surface area contributed by atoms with Gasteiger partial charge in [0.1, 0.15) is 5.76 Å². The van der Waals surface area contributed by atoms with Gasteiger partial charge in [-0.3, -0.25) is 5.43 Å². The molecular formula is C13H8Cl2N4O. The highest BCUT2D eigenvalue weighted by Crippen LogP contribution is 2.23. The molecular weight excluding hydrogens is 299 g/mol. The molecule has 0 atom stereocenters. The summed E-state index contributed by atoms with van der Waals surface area (Å²) in [6.07, 6.45) is 3.08. The molecule has 2 aromatic heterocycles. The Hall–Kier alpha value is -2.11. The lowest BCUT2D eigenvalue weighted by Gasteiger charge is -2.04. The molecule has 5 nitrogen and oxygen atoms in total. The molecule has 0 aliphatic rings. The van der Waals surface area contributed by atoms with Crippen molar-refractivity contribution >= 4 is 46.3 Å². The number of halogens is 2. The third-order valence-electron chi connectivity index (χ3n) is 2.49. The van der Waals surface area contributed by atoms with Crippen molar-refractivity contribution < 1.29 is 4.42 Å². The van der Waals surface area contributed by atoms with Gasteiger partial charge in [0.15, 0.2) is 11.0 Å². The number of aromatic nitrogens is 2. The maximum absolute atomic E-state index is 6.04. The summed E-state index contributed by atoms with van der Waals surface area (Å²) < 4.78 is 5.11. The Bertz CT molecular complexity index is 771. The van der Waals surface area contributed by atoms with Gasteiger partial charge in [-0.2, -0.15) is 5.10 Å². The van der Waals surface area contributed by atoms with Crippen molar-refractivity contribution in [1.29, 1.82) is 0 Å². The van der Waals surface area contributed by atoms with Crippen LogP contribution in [0.5, 0.6) is 0 Å². The van der Waals surface area contributed by atoms with E-state index in [9.17, 15) is 0 Å². The monoisotopic (exact) mass is 306 g/mol. The molecule has 0 saturated carbocycles. The lowest BCUT2D eigenvalue weighted by Crippen LogP contribution is -1.97. The largest absolute Gasteiger partial charge is 0.463 e. The van der Waals surface area contributed by atoms with Gasteiger partial charge in [-0.15, -0.1) is 0 Å². The van der Waals surface area contributed by atoms with Crippen LogP contribution in [0, 0.1) is 0 Å². The minimum Gasteiger partial charge on any atom is -0.463 e. The first kappa shape index (κ1) is 12.9. The van der Waals surface area contributed by atoms with Crippen LogP contribution in [-0.4, -0.2) is 16.2 Å². The maximum atomic E-state index is 6.04. The third kappa shape index (κ3) is 2.74. The zero-order chi connectivity index (χ0) is 13.9. The van der Waals surface area contributed by atoms with Crippen LogP contribution < -0.4 is 5.43 Å². The molecule has 1 N–H and O–H groups in total. The molecule has 0 spiro atoms. The number of nitrogens with one attached hydrogen (secondary N) is 1. The second kappa shape index (κ2) is 5.48. The van der Waals surface area contributed by atoms with Crippen molar-refractivity contribution in [3.8, 4) is 0 Å². The van der Waals surface area contributed by atoms with Gasteiger partial charge in [-0.05, 0) is 30.3 Å². The Morgan fingerprint density at radius 3 is 2.85 bits per heavy atom. The Morgan fingerprint density at radius 1 is 1.15 bits per heavy atom. The minimum atomic E-state index is 0.233. The Balaban J connectivity index is 1.89. The summed E-state index contributed by atoms with van der Waals surface area (Å²) >= 11 is 12.0. The number of nitrogens with zero attached hydrogens (tertiary/aromatic N) is 3. The predicted octanol–water partition coefficient (Wildman–Crippen LogP) is 3.98. The van der Waals surface area contributed by atoms with Gasteiger partial charge in [0.2, 0.25) is 0 Å². The van der Waals surface area contributed by atoms with Gasteiger partial charge in [0, 0.05) is 5.02 Å². The zero-order valence-electron chi connectivity index (χ0n) is 10.0. The first-order valence-electron chi connectivity index (χ1n) is 5.68. The number of rotatable bonds is 3. The second-order valence-electron chi connectivity index (χ2n) is 3.88. The topological polar surface area (TPSA) is 63.3 Å². The van der Waals surface area contributed by atoms with Crippen molar-refractivity contribution in [3.63, 3.8) is 0 Å². The van der Waals surface area contributed by atoms with Crippen molar-refractivity contribution in [3.05, 3.63) is 52.5 Å². The van der Waals surface area contributed by atoms with Crippen molar-refractivity contribution in [1.82, 2.24) is 9.97 Å². The molecule has 2 heterocycles. The van der Waals surface area contributed by atoms with Crippen molar-refractivity contribution in [2.24, 2.45) is 5.10 Å². The predicted molar refractivity (Wildman–Crippen MR) is 79.5 cm³/mol. The van der Waals surface area contributed by atoms with Crippen LogP contribution in [0.3, 0.4) is 0 Å². The smallest absolute Gasteiger partial charge is 0.185 e. The minimum absolute atomic E-state index is 0.233. The van der Waals surface area contributed by atoms with E-state index in [1.165, 1.54) is 6.21 Å². The quantitative estimate of drug-likeness (QED) is 0.587.